The van der Waals surface area contributed by atoms with E-state index in [0.29, 0.717) is 22.6 Å². The molecule has 0 spiro atoms. The number of rotatable bonds is 6. The number of ketones is 1. The maximum atomic E-state index is 12.4. The Hall–Kier alpha value is -2.72. The SMILES string of the molecule is O=C(Cc1cccc(P(=O)(O)O)c1)c1ccc(Oc2ccccc2)cc1. The molecule has 0 aromatic heterocycles. The third kappa shape index (κ3) is 4.67. The van der Waals surface area contributed by atoms with Gasteiger partial charge >= 0.3 is 7.60 Å². The average Bonchev–Trinajstić information content (AvgIpc) is 2.63. The summed E-state index contributed by atoms with van der Waals surface area (Å²) in [5.74, 6) is 1.19. The van der Waals surface area contributed by atoms with Crippen molar-refractivity contribution < 1.29 is 23.9 Å². The molecule has 5 nitrogen and oxygen atoms in total. The Labute approximate surface area is 151 Å². The van der Waals surface area contributed by atoms with E-state index in [2.05, 4.69) is 0 Å². The van der Waals surface area contributed by atoms with Crippen LogP contribution in [0, 0.1) is 0 Å². The van der Waals surface area contributed by atoms with Gasteiger partial charge < -0.3 is 14.5 Å². The van der Waals surface area contributed by atoms with Gasteiger partial charge in [-0.05, 0) is 54.1 Å². The van der Waals surface area contributed by atoms with Gasteiger partial charge in [0.1, 0.15) is 11.5 Å². The topological polar surface area (TPSA) is 83.8 Å². The van der Waals surface area contributed by atoms with Crippen LogP contribution in [0.2, 0.25) is 0 Å². The van der Waals surface area contributed by atoms with Crippen LogP contribution in [-0.2, 0) is 11.0 Å². The van der Waals surface area contributed by atoms with Gasteiger partial charge in [0, 0.05) is 12.0 Å². The van der Waals surface area contributed by atoms with Crippen molar-refractivity contribution in [1.29, 1.82) is 0 Å². The maximum Gasteiger partial charge on any atom is 0.356 e. The third-order valence-corrected chi connectivity index (χ3v) is 4.72. The van der Waals surface area contributed by atoms with Crippen LogP contribution in [0.15, 0.2) is 78.9 Å². The number of para-hydroxylation sites is 1. The zero-order valence-corrected chi connectivity index (χ0v) is 14.7. The zero-order chi connectivity index (χ0) is 18.6. The predicted molar refractivity (Wildman–Crippen MR) is 99.1 cm³/mol. The second-order valence-corrected chi connectivity index (χ2v) is 7.36. The van der Waals surface area contributed by atoms with Crippen molar-refractivity contribution in [2.24, 2.45) is 0 Å². The molecular formula is C20H17O5P. The first-order valence-corrected chi connectivity index (χ1v) is 9.54. The van der Waals surface area contributed by atoms with E-state index in [9.17, 15) is 19.1 Å². The van der Waals surface area contributed by atoms with Crippen LogP contribution >= 0.6 is 7.60 Å². The molecule has 3 rings (SSSR count). The average molecular weight is 368 g/mol. The molecule has 0 fully saturated rings. The van der Waals surface area contributed by atoms with E-state index >= 15 is 0 Å². The summed E-state index contributed by atoms with van der Waals surface area (Å²) in [6.45, 7) is 0. The third-order valence-electron chi connectivity index (χ3n) is 3.77. The summed E-state index contributed by atoms with van der Waals surface area (Å²) in [5.41, 5.74) is 1.06. The molecule has 3 aromatic carbocycles. The molecule has 0 unspecified atom stereocenters. The summed E-state index contributed by atoms with van der Waals surface area (Å²) in [6, 6.07) is 22.0. The molecule has 0 saturated heterocycles. The van der Waals surface area contributed by atoms with Gasteiger partial charge in [-0.25, -0.2) is 0 Å². The van der Waals surface area contributed by atoms with Crippen LogP contribution in [0.1, 0.15) is 15.9 Å². The minimum Gasteiger partial charge on any atom is -0.457 e. The number of hydrogen-bond donors (Lipinski definition) is 2. The molecule has 0 amide bonds. The van der Waals surface area contributed by atoms with E-state index in [1.807, 2.05) is 30.3 Å². The molecule has 6 heteroatoms. The van der Waals surface area contributed by atoms with E-state index in [0.717, 1.165) is 0 Å². The van der Waals surface area contributed by atoms with Crippen LogP contribution in [0.25, 0.3) is 0 Å². The standard InChI is InChI=1S/C20H17O5P/c21-20(14-15-5-4-8-19(13-15)26(22,23)24)16-9-11-18(12-10-16)25-17-6-2-1-3-7-17/h1-13H,14H2,(H2,22,23,24). The minimum absolute atomic E-state index is 0.0622. The molecule has 2 N–H and O–H groups in total. The fourth-order valence-electron chi connectivity index (χ4n) is 2.47. The van der Waals surface area contributed by atoms with Crippen molar-refractivity contribution in [3.05, 3.63) is 90.0 Å². The van der Waals surface area contributed by atoms with Gasteiger partial charge in [-0.3, -0.25) is 9.36 Å². The van der Waals surface area contributed by atoms with Crippen molar-refractivity contribution in [2.45, 2.75) is 6.42 Å². The van der Waals surface area contributed by atoms with Gasteiger partial charge in [0.25, 0.3) is 0 Å². The highest BCUT2D eigenvalue weighted by Gasteiger charge is 2.17. The Morgan fingerprint density at radius 2 is 1.50 bits per heavy atom. The van der Waals surface area contributed by atoms with Gasteiger partial charge in [0.2, 0.25) is 0 Å². The lowest BCUT2D eigenvalue weighted by Gasteiger charge is -2.08. The lowest BCUT2D eigenvalue weighted by molar-refractivity contribution is 0.0993. The van der Waals surface area contributed by atoms with Crippen molar-refractivity contribution >= 4 is 18.7 Å². The number of carbonyl (C=O) groups is 1. The Morgan fingerprint density at radius 3 is 2.15 bits per heavy atom. The van der Waals surface area contributed by atoms with Crippen molar-refractivity contribution in [2.75, 3.05) is 0 Å². The lowest BCUT2D eigenvalue weighted by atomic mass is 10.0. The highest BCUT2D eigenvalue weighted by atomic mass is 31.2. The van der Waals surface area contributed by atoms with Gasteiger partial charge in [-0.1, -0.05) is 30.3 Å². The molecule has 0 radical (unpaired) electrons. The molecule has 0 saturated carbocycles. The first kappa shape index (κ1) is 18.1. The van der Waals surface area contributed by atoms with E-state index in [-0.39, 0.29) is 17.5 Å². The second kappa shape index (κ2) is 7.67. The molecule has 0 atom stereocenters. The smallest absolute Gasteiger partial charge is 0.356 e. The maximum absolute atomic E-state index is 12.4. The number of carbonyl (C=O) groups excluding carboxylic acids is 1. The van der Waals surface area contributed by atoms with Crippen molar-refractivity contribution in [3.63, 3.8) is 0 Å². The number of Topliss-reactive ketones (excluding diaryl/α,β-unsaturated/α-hetero) is 1. The largest absolute Gasteiger partial charge is 0.457 e. The summed E-state index contributed by atoms with van der Waals surface area (Å²) in [6.07, 6.45) is 0.0622. The van der Waals surface area contributed by atoms with Gasteiger partial charge in [-0.15, -0.1) is 0 Å². The molecule has 0 aliphatic rings. The fraction of sp³-hybridized carbons (Fsp3) is 0.0500. The first-order chi connectivity index (χ1) is 12.4. The van der Waals surface area contributed by atoms with E-state index in [4.69, 9.17) is 4.74 Å². The molecule has 0 bridgehead atoms. The van der Waals surface area contributed by atoms with Crippen molar-refractivity contribution in [3.8, 4) is 11.5 Å². The summed E-state index contributed by atoms with van der Waals surface area (Å²) < 4.78 is 17.0. The monoisotopic (exact) mass is 368 g/mol. The molecule has 0 aliphatic heterocycles. The summed E-state index contributed by atoms with van der Waals surface area (Å²) >= 11 is 0. The van der Waals surface area contributed by atoms with Crippen LogP contribution in [0.5, 0.6) is 11.5 Å². The second-order valence-electron chi connectivity index (χ2n) is 5.75. The minimum atomic E-state index is -4.33. The van der Waals surface area contributed by atoms with Gasteiger partial charge in [0.15, 0.2) is 5.78 Å². The summed E-state index contributed by atoms with van der Waals surface area (Å²) in [4.78, 5) is 30.9. The van der Waals surface area contributed by atoms with Crippen LogP contribution in [0.3, 0.4) is 0 Å². The zero-order valence-electron chi connectivity index (χ0n) is 13.8. The van der Waals surface area contributed by atoms with Gasteiger partial charge in [0.05, 0.1) is 5.30 Å². The lowest BCUT2D eigenvalue weighted by Crippen LogP contribution is -2.08. The predicted octanol–water partition coefficient (Wildman–Crippen LogP) is 3.71. The Morgan fingerprint density at radius 1 is 0.846 bits per heavy atom. The molecule has 0 heterocycles. The molecule has 3 aromatic rings. The van der Waals surface area contributed by atoms with E-state index in [1.54, 1.807) is 30.3 Å². The van der Waals surface area contributed by atoms with Crippen molar-refractivity contribution in [1.82, 2.24) is 0 Å². The fourth-order valence-corrected chi connectivity index (χ4v) is 3.08. The van der Waals surface area contributed by atoms with Crippen LogP contribution < -0.4 is 10.0 Å². The number of benzene rings is 3. The molecular weight excluding hydrogens is 351 g/mol. The molecule has 0 aliphatic carbocycles. The van der Waals surface area contributed by atoms with E-state index in [1.165, 1.54) is 18.2 Å². The first-order valence-electron chi connectivity index (χ1n) is 7.93. The number of hydrogen-bond acceptors (Lipinski definition) is 3. The Balaban J connectivity index is 1.70. The highest BCUT2D eigenvalue weighted by Crippen LogP contribution is 2.33. The quantitative estimate of drug-likeness (QED) is 0.512. The molecule has 132 valence electrons. The highest BCUT2D eigenvalue weighted by molar-refractivity contribution is 7.60. The van der Waals surface area contributed by atoms with Crippen LogP contribution in [-0.4, -0.2) is 15.6 Å². The summed E-state index contributed by atoms with van der Waals surface area (Å²) in [5, 5.41) is -0.0885. The summed E-state index contributed by atoms with van der Waals surface area (Å²) in [7, 11) is -4.33. The van der Waals surface area contributed by atoms with Crippen LogP contribution in [0.4, 0.5) is 0 Å². The van der Waals surface area contributed by atoms with E-state index < -0.39 is 7.60 Å². The van der Waals surface area contributed by atoms with Gasteiger partial charge in [-0.2, -0.15) is 0 Å². The normalized spacial score (nSPS) is 11.2. The Bertz CT molecular complexity index is 945. The number of ether oxygens (including phenoxy) is 1. The molecule has 26 heavy (non-hydrogen) atoms. The Kier molecular flexibility index (Phi) is 5.33.